The Labute approximate surface area is 93.4 Å². The third-order valence-electron chi connectivity index (χ3n) is 2.00. The van der Waals surface area contributed by atoms with Crippen LogP contribution in [0.2, 0.25) is 0 Å². The summed E-state index contributed by atoms with van der Waals surface area (Å²) in [7, 11) is 0. The first-order valence-corrected chi connectivity index (χ1v) is 4.48. The van der Waals surface area contributed by atoms with Gasteiger partial charge < -0.3 is 10.5 Å². The van der Waals surface area contributed by atoms with Crippen molar-refractivity contribution in [2.45, 2.75) is 26.3 Å². The number of halogens is 5. The Hall–Kier alpha value is -1.44. The lowest BCUT2D eigenvalue weighted by molar-refractivity contribution is -0.275. The van der Waals surface area contributed by atoms with Gasteiger partial charge in [0.05, 0.1) is 5.56 Å². The standard InChI is InChI=1S/C9H9F5N2O/c1-4-6(8(10)11)7(17-9(12,13)14)5(2-15)3-16-4/h3,8H,2,15H2,1H3. The summed E-state index contributed by atoms with van der Waals surface area (Å²) in [6.45, 7) is 0.795. The molecule has 0 aliphatic heterocycles. The van der Waals surface area contributed by atoms with Crippen LogP contribution in [-0.4, -0.2) is 11.3 Å². The number of hydrogen-bond acceptors (Lipinski definition) is 3. The van der Waals surface area contributed by atoms with Crippen LogP contribution in [0.5, 0.6) is 5.75 Å². The first-order chi connectivity index (χ1) is 7.76. The molecular weight excluding hydrogens is 247 g/mol. The number of ether oxygens (including phenoxy) is 1. The predicted molar refractivity (Wildman–Crippen MR) is 48.5 cm³/mol. The zero-order valence-electron chi connectivity index (χ0n) is 8.68. The molecule has 0 aliphatic rings. The van der Waals surface area contributed by atoms with Crippen molar-refractivity contribution in [1.29, 1.82) is 0 Å². The summed E-state index contributed by atoms with van der Waals surface area (Å²) in [4.78, 5) is 3.55. The molecule has 0 bridgehead atoms. The molecule has 1 heterocycles. The van der Waals surface area contributed by atoms with Crippen molar-refractivity contribution in [2.24, 2.45) is 5.73 Å². The van der Waals surface area contributed by atoms with Crippen LogP contribution < -0.4 is 10.5 Å². The van der Waals surface area contributed by atoms with Gasteiger partial charge in [-0.3, -0.25) is 4.98 Å². The van der Waals surface area contributed by atoms with E-state index in [0.29, 0.717) is 0 Å². The summed E-state index contributed by atoms with van der Waals surface area (Å²) in [5, 5.41) is 0. The third kappa shape index (κ3) is 3.26. The Morgan fingerprint density at radius 1 is 1.41 bits per heavy atom. The number of alkyl halides is 5. The maximum absolute atomic E-state index is 12.7. The lowest BCUT2D eigenvalue weighted by atomic mass is 10.1. The molecule has 0 spiro atoms. The largest absolute Gasteiger partial charge is 0.573 e. The van der Waals surface area contributed by atoms with Crippen molar-refractivity contribution >= 4 is 0 Å². The zero-order chi connectivity index (χ0) is 13.2. The number of aryl methyl sites for hydroxylation is 1. The molecule has 0 aromatic carbocycles. The Balaban J connectivity index is 3.35. The number of hydrogen-bond donors (Lipinski definition) is 1. The van der Waals surface area contributed by atoms with E-state index in [1.165, 1.54) is 6.92 Å². The zero-order valence-corrected chi connectivity index (χ0v) is 8.68. The van der Waals surface area contributed by atoms with Crippen LogP contribution in [0.4, 0.5) is 22.0 Å². The highest BCUT2D eigenvalue weighted by Gasteiger charge is 2.35. The number of nitrogens with zero attached hydrogens (tertiary/aromatic N) is 1. The topological polar surface area (TPSA) is 48.1 Å². The fourth-order valence-electron chi connectivity index (χ4n) is 1.28. The average molecular weight is 256 g/mol. The molecule has 3 nitrogen and oxygen atoms in total. The number of pyridine rings is 1. The predicted octanol–water partition coefficient (Wildman–Crippen LogP) is 2.68. The van der Waals surface area contributed by atoms with Crippen LogP contribution in [-0.2, 0) is 6.54 Å². The van der Waals surface area contributed by atoms with E-state index in [4.69, 9.17) is 5.73 Å². The molecule has 0 radical (unpaired) electrons. The monoisotopic (exact) mass is 256 g/mol. The SMILES string of the molecule is Cc1ncc(CN)c(OC(F)(F)F)c1C(F)F. The molecule has 1 rings (SSSR count). The molecule has 0 atom stereocenters. The summed E-state index contributed by atoms with van der Waals surface area (Å²) >= 11 is 0. The van der Waals surface area contributed by atoms with Crippen molar-refractivity contribution in [1.82, 2.24) is 4.98 Å². The molecule has 2 N–H and O–H groups in total. The third-order valence-corrected chi connectivity index (χ3v) is 2.00. The highest BCUT2D eigenvalue weighted by atomic mass is 19.4. The van der Waals surface area contributed by atoms with Gasteiger partial charge in [0, 0.05) is 24.0 Å². The number of rotatable bonds is 3. The molecule has 0 aliphatic carbocycles. The van der Waals surface area contributed by atoms with E-state index in [1.54, 1.807) is 0 Å². The van der Waals surface area contributed by atoms with E-state index in [9.17, 15) is 22.0 Å². The summed E-state index contributed by atoms with van der Waals surface area (Å²) in [5.41, 5.74) is 3.83. The van der Waals surface area contributed by atoms with E-state index in [0.717, 1.165) is 6.20 Å². The molecular formula is C9H9F5N2O. The van der Waals surface area contributed by atoms with E-state index < -0.39 is 24.1 Å². The molecule has 0 saturated carbocycles. The second-order valence-corrected chi connectivity index (χ2v) is 3.16. The highest BCUT2D eigenvalue weighted by Crippen LogP contribution is 2.36. The maximum Gasteiger partial charge on any atom is 0.573 e. The van der Waals surface area contributed by atoms with Gasteiger partial charge in [-0.15, -0.1) is 13.2 Å². The van der Waals surface area contributed by atoms with Gasteiger partial charge in [0.1, 0.15) is 5.75 Å². The first-order valence-electron chi connectivity index (χ1n) is 4.48. The van der Waals surface area contributed by atoms with Crippen LogP contribution in [0, 0.1) is 6.92 Å². The minimum Gasteiger partial charge on any atom is -0.405 e. The van der Waals surface area contributed by atoms with Crippen LogP contribution in [0.3, 0.4) is 0 Å². The minimum atomic E-state index is -5.05. The Morgan fingerprint density at radius 3 is 2.41 bits per heavy atom. The van der Waals surface area contributed by atoms with Gasteiger partial charge in [-0.05, 0) is 6.92 Å². The average Bonchev–Trinajstić information content (AvgIpc) is 2.15. The van der Waals surface area contributed by atoms with Gasteiger partial charge in [-0.2, -0.15) is 0 Å². The minimum absolute atomic E-state index is 0.219. The molecule has 96 valence electrons. The Bertz CT molecular complexity index is 405. The normalized spacial score (nSPS) is 12.0. The number of nitrogens with two attached hydrogens (primary N) is 1. The van der Waals surface area contributed by atoms with Crippen LogP contribution in [0.1, 0.15) is 23.2 Å². The van der Waals surface area contributed by atoms with Gasteiger partial charge >= 0.3 is 6.36 Å². The maximum atomic E-state index is 12.7. The lowest BCUT2D eigenvalue weighted by Crippen LogP contribution is -2.20. The van der Waals surface area contributed by atoms with E-state index in [1.807, 2.05) is 0 Å². The smallest absolute Gasteiger partial charge is 0.405 e. The van der Waals surface area contributed by atoms with Crippen molar-refractivity contribution in [3.63, 3.8) is 0 Å². The van der Waals surface area contributed by atoms with Gasteiger partial charge in [-0.25, -0.2) is 8.78 Å². The fraction of sp³-hybridized carbons (Fsp3) is 0.444. The summed E-state index contributed by atoms with van der Waals surface area (Å²) in [6, 6.07) is 0. The van der Waals surface area contributed by atoms with Crippen LogP contribution in [0.15, 0.2) is 6.20 Å². The molecule has 17 heavy (non-hydrogen) atoms. The molecule has 8 heteroatoms. The molecule has 1 aromatic rings. The van der Waals surface area contributed by atoms with Crippen molar-refractivity contribution in [3.8, 4) is 5.75 Å². The second-order valence-electron chi connectivity index (χ2n) is 3.16. The van der Waals surface area contributed by atoms with Gasteiger partial charge in [0.25, 0.3) is 6.43 Å². The summed E-state index contributed by atoms with van der Waals surface area (Å²) in [5.74, 6) is -0.956. The Morgan fingerprint density at radius 2 is 2.00 bits per heavy atom. The fourth-order valence-corrected chi connectivity index (χ4v) is 1.28. The first kappa shape index (κ1) is 13.6. The highest BCUT2D eigenvalue weighted by molar-refractivity contribution is 5.43. The Kier molecular flexibility index (Phi) is 3.87. The van der Waals surface area contributed by atoms with E-state index in [2.05, 4.69) is 9.72 Å². The van der Waals surface area contributed by atoms with Crippen molar-refractivity contribution < 1.29 is 26.7 Å². The quantitative estimate of drug-likeness (QED) is 0.846. The molecule has 0 fully saturated rings. The van der Waals surface area contributed by atoms with Crippen LogP contribution in [0.25, 0.3) is 0 Å². The van der Waals surface area contributed by atoms with Crippen molar-refractivity contribution in [2.75, 3.05) is 0 Å². The summed E-state index contributed by atoms with van der Waals surface area (Å²) in [6.07, 6.45) is -7.18. The van der Waals surface area contributed by atoms with E-state index in [-0.39, 0.29) is 17.8 Å². The van der Waals surface area contributed by atoms with Gasteiger partial charge in [0.2, 0.25) is 0 Å². The molecule has 0 amide bonds. The number of aromatic nitrogens is 1. The van der Waals surface area contributed by atoms with Crippen molar-refractivity contribution in [3.05, 3.63) is 23.0 Å². The van der Waals surface area contributed by atoms with Crippen LogP contribution >= 0.6 is 0 Å². The molecule has 0 saturated heterocycles. The lowest BCUT2D eigenvalue weighted by Gasteiger charge is -2.17. The molecule has 1 aromatic heterocycles. The van der Waals surface area contributed by atoms with E-state index >= 15 is 0 Å². The molecule has 0 unspecified atom stereocenters. The van der Waals surface area contributed by atoms with Gasteiger partial charge in [-0.1, -0.05) is 0 Å². The van der Waals surface area contributed by atoms with Gasteiger partial charge in [0.15, 0.2) is 0 Å². The summed E-state index contributed by atoms with van der Waals surface area (Å²) < 4.78 is 65.2. The second kappa shape index (κ2) is 4.82.